The molecule has 0 aliphatic carbocycles. The summed E-state index contributed by atoms with van der Waals surface area (Å²) in [6.07, 6.45) is 1.92. The standard InChI is InChI=1S/C9H13N3O2/c1-11-8-3-2-6(5-12-8)4-7(10)9(13)14/h2-3,5,7H,4,10H2,1H3,(H,11,12)(H,13,14)/t7-/m0/s1. The van der Waals surface area contributed by atoms with Gasteiger partial charge >= 0.3 is 5.97 Å². The minimum atomic E-state index is -0.998. The van der Waals surface area contributed by atoms with Gasteiger partial charge in [0, 0.05) is 13.2 Å². The van der Waals surface area contributed by atoms with Gasteiger partial charge in [-0.2, -0.15) is 0 Å². The highest BCUT2D eigenvalue weighted by Gasteiger charge is 2.11. The number of hydrogen-bond donors (Lipinski definition) is 3. The van der Waals surface area contributed by atoms with Crippen molar-refractivity contribution < 1.29 is 9.90 Å². The Morgan fingerprint density at radius 3 is 2.86 bits per heavy atom. The second kappa shape index (κ2) is 4.57. The van der Waals surface area contributed by atoms with Crippen molar-refractivity contribution in [3.05, 3.63) is 23.9 Å². The van der Waals surface area contributed by atoms with E-state index < -0.39 is 12.0 Å². The first-order chi connectivity index (χ1) is 6.63. The molecule has 0 amide bonds. The summed E-state index contributed by atoms with van der Waals surface area (Å²) in [4.78, 5) is 14.5. The van der Waals surface area contributed by atoms with Gasteiger partial charge in [-0.3, -0.25) is 4.79 Å². The van der Waals surface area contributed by atoms with Crippen LogP contribution in [0.1, 0.15) is 5.56 Å². The maximum Gasteiger partial charge on any atom is 0.320 e. The van der Waals surface area contributed by atoms with E-state index in [9.17, 15) is 4.79 Å². The molecule has 0 saturated heterocycles. The van der Waals surface area contributed by atoms with E-state index in [2.05, 4.69) is 10.3 Å². The number of carbonyl (C=O) groups is 1. The first-order valence-corrected chi connectivity index (χ1v) is 4.24. The summed E-state index contributed by atoms with van der Waals surface area (Å²) in [5.74, 6) is -0.250. The molecule has 0 aliphatic rings. The minimum absolute atomic E-state index is 0.298. The minimum Gasteiger partial charge on any atom is -0.480 e. The Bertz CT molecular complexity index is 310. The third-order valence-corrected chi connectivity index (χ3v) is 1.85. The van der Waals surface area contributed by atoms with Crippen LogP contribution in [-0.2, 0) is 11.2 Å². The number of aliphatic carboxylic acids is 1. The van der Waals surface area contributed by atoms with Gasteiger partial charge in [0.25, 0.3) is 0 Å². The number of carboxylic acids is 1. The second-order valence-corrected chi connectivity index (χ2v) is 2.95. The van der Waals surface area contributed by atoms with E-state index in [0.29, 0.717) is 6.42 Å². The van der Waals surface area contributed by atoms with Crippen molar-refractivity contribution in [2.75, 3.05) is 12.4 Å². The summed E-state index contributed by atoms with van der Waals surface area (Å²) in [5.41, 5.74) is 6.19. The maximum absolute atomic E-state index is 10.5. The molecule has 14 heavy (non-hydrogen) atoms. The summed E-state index contributed by atoms with van der Waals surface area (Å²) in [5, 5.41) is 11.5. The number of nitrogens with one attached hydrogen (secondary N) is 1. The third kappa shape index (κ3) is 2.70. The topological polar surface area (TPSA) is 88.2 Å². The smallest absolute Gasteiger partial charge is 0.320 e. The maximum atomic E-state index is 10.5. The van der Waals surface area contributed by atoms with E-state index in [1.165, 1.54) is 0 Å². The van der Waals surface area contributed by atoms with Gasteiger partial charge in [0.05, 0.1) is 0 Å². The fourth-order valence-electron chi connectivity index (χ4n) is 1.03. The molecule has 0 fully saturated rings. The van der Waals surface area contributed by atoms with Crippen LogP contribution in [0.5, 0.6) is 0 Å². The highest BCUT2D eigenvalue weighted by Crippen LogP contribution is 2.05. The molecule has 5 heteroatoms. The molecule has 0 unspecified atom stereocenters. The Labute approximate surface area is 82.0 Å². The zero-order valence-electron chi connectivity index (χ0n) is 7.90. The first-order valence-electron chi connectivity index (χ1n) is 4.24. The Morgan fingerprint density at radius 2 is 2.43 bits per heavy atom. The van der Waals surface area contributed by atoms with Gasteiger partial charge in [-0.25, -0.2) is 4.98 Å². The van der Waals surface area contributed by atoms with Crippen LogP contribution in [-0.4, -0.2) is 29.1 Å². The average molecular weight is 195 g/mol. The van der Waals surface area contributed by atoms with Gasteiger partial charge in [-0.1, -0.05) is 6.07 Å². The van der Waals surface area contributed by atoms with Crippen molar-refractivity contribution in [1.29, 1.82) is 0 Å². The van der Waals surface area contributed by atoms with E-state index in [1.54, 1.807) is 19.3 Å². The van der Waals surface area contributed by atoms with Crippen molar-refractivity contribution in [3.63, 3.8) is 0 Å². The lowest BCUT2D eigenvalue weighted by Gasteiger charge is -2.06. The largest absolute Gasteiger partial charge is 0.480 e. The normalized spacial score (nSPS) is 12.1. The molecule has 0 aromatic carbocycles. The van der Waals surface area contributed by atoms with Crippen LogP contribution in [0, 0.1) is 0 Å². The molecule has 1 aromatic heterocycles. The zero-order chi connectivity index (χ0) is 10.6. The molecule has 0 spiro atoms. The molecule has 0 aliphatic heterocycles. The molecule has 0 bridgehead atoms. The summed E-state index contributed by atoms with van der Waals surface area (Å²) >= 11 is 0. The Hall–Kier alpha value is -1.62. The number of pyridine rings is 1. The molecule has 76 valence electrons. The van der Waals surface area contributed by atoms with Crippen molar-refractivity contribution >= 4 is 11.8 Å². The second-order valence-electron chi connectivity index (χ2n) is 2.95. The molecule has 0 radical (unpaired) electrons. The Balaban J connectivity index is 2.64. The Kier molecular flexibility index (Phi) is 3.41. The van der Waals surface area contributed by atoms with E-state index in [4.69, 9.17) is 10.8 Å². The summed E-state index contributed by atoms with van der Waals surface area (Å²) in [6.45, 7) is 0. The number of carboxylic acid groups (broad SMARTS) is 1. The first kappa shape index (κ1) is 10.5. The molecular weight excluding hydrogens is 182 g/mol. The molecule has 1 heterocycles. The van der Waals surface area contributed by atoms with Crippen molar-refractivity contribution in [2.45, 2.75) is 12.5 Å². The lowest BCUT2D eigenvalue weighted by atomic mass is 10.1. The molecule has 4 N–H and O–H groups in total. The molecule has 5 nitrogen and oxygen atoms in total. The SMILES string of the molecule is CNc1ccc(C[C@H](N)C(=O)O)cn1. The fourth-order valence-corrected chi connectivity index (χ4v) is 1.03. The van der Waals surface area contributed by atoms with Gasteiger partial charge < -0.3 is 16.2 Å². The molecule has 1 aromatic rings. The van der Waals surface area contributed by atoms with Gasteiger partial charge in [-0.05, 0) is 18.1 Å². The quantitative estimate of drug-likeness (QED) is 0.633. The van der Waals surface area contributed by atoms with Crippen LogP contribution in [0.25, 0.3) is 0 Å². The van der Waals surface area contributed by atoms with Crippen molar-refractivity contribution in [3.8, 4) is 0 Å². The van der Waals surface area contributed by atoms with Crippen LogP contribution in [0.3, 0.4) is 0 Å². The number of nitrogens with two attached hydrogens (primary N) is 1. The van der Waals surface area contributed by atoms with E-state index in [0.717, 1.165) is 11.4 Å². The van der Waals surface area contributed by atoms with E-state index in [1.807, 2.05) is 6.07 Å². The molecule has 1 rings (SSSR count). The third-order valence-electron chi connectivity index (χ3n) is 1.85. The number of nitrogens with zero attached hydrogens (tertiary/aromatic N) is 1. The summed E-state index contributed by atoms with van der Waals surface area (Å²) in [7, 11) is 1.77. The Morgan fingerprint density at radius 1 is 1.71 bits per heavy atom. The van der Waals surface area contributed by atoms with Crippen LogP contribution >= 0.6 is 0 Å². The van der Waals surface area contributed by atoms with Crippen LogP contribution in [0.2, 0.25) is 0 Å². The van der Waals surface area contributed by atoms with Gasteiger partial charge in [0.15, 0.2) is 0 Å². The number of aromatic nitrogens is 1. The van der Waals surface area contributed by atoms with E-state index >= 15 is 0 Å². The highest BCUT2D eigenvalue weighted by atomic mass is 16.4. The lowest BCUT2D eigenvalue weighted by Crippen LogP contribution is -2.32. The number of anilines is 1. The van der Waals surface area contributed by atoms with E-state index in [-0.39, 0.29) is 0 Å². The van der Waals surface area contributed by atoms with Crippen LogP contribution in [0.15, 0.2) is 18.3 Å². The van der Waals surface area contributed by atoms with Crippen LogP contribution < -0.4 is 11.1 Å². The van der Waals surface area contributed by atoms with Crippen LogP contribution in [0.4, 0.5) is 5.82 Å². The molecule has 0 saturated carbocycles. The predicted octanol–water partition coefficient (Wildman–Crippen LogP) is 0.0777. The molecular formula is C9H13N3O2. The van der Waals surface area contributed by atoms with Gasteiger partial charge in [0.2, 0.25) is 0 Å². The van der Waals surface area contributed by atoms with Crippen molar-refractivity contribution in [1.82, 2.24) is 4.98 Å². The summed E-state index contributed by atoms with van der Waals surface area (Å²) < 4.78 is 0. The van der Waals surface area contributed by atoms with Gasteiger partial charge in [-0.15, -0.1) is 0 Å². The average Bonchev–Trinajstić information content (AvgIpc) is 2.19. The highest BCUT2D eigenvalue weighted by molar-refractivity contribution is 5.73. The van der Waals surface area contributed by atoms with Gasteiger partial charge in [0.1, 0.15) is 11.9 Å². The van der Waals surface area contributed by atoms with Crippen molar-refractivity contribution in [2.24, 2.45) is 5.73 Å². The molecule has 1 atom stereocenters. The number of hydrogen-bond acceptors (Lipinski definition) is 4. The lowest BCUT2D eigenvalue weighted by molar-refractivity contribution is -0.138. The summed E-state index contributed by atoms with van der Waals surface area (Å²) in [6, 6.07) is 2.73. The monoisotopic (exact) mass is 195 g/mol. The predicted molar refractivity (Wildman–Crippen MR) is 53.1 cm³/mol. The number of rotatable bonds is 4. The zero-order valence-corrected chi connectivity index (χ0v) is 7.90. The fraction of sp³-hybridized carbons (Fsp3) is 0.333.